The zero-order valence-electron chi connectivity index (χ0n) is 12.7. The minimum absolute atomic E-state index is 0.194. The molecule has 1 aromatic heterocycles. The Hall–Kier alpha value is -1.83. The third-order valence-electron chi connectivity index (χ3n) is 3.37. The molecule has 124 valence electrons. The van der Waals surface area contributed by atoms with Crippen molar-refractivity contribution in [1.29, 1.82) is 0 Å². The smallest absolute Gasteiger partial charge is 0.262 e. The van der Waals surface area contributed by atoms with Crippen LogP contribution in [0.1, 0.15) is 33.8 Å². The molecule has 0 saturated heterocycles. The van der Waals surface area contributed by atoms with Crippen LogP contribution in [0.4, 0.5) is 8.78 Å². The molecular weight excluding hydrogens is 324 g/mol. The fraction of sp³-hybridized carbons (Fsp3) is 0.312. The zero-order valence-corrected chi connectivity index (χ0v) is 13.5. The Morgan fingerprint density at radius 3 is 2.74 bits per heavy atom. The highest BCUT2D eigenvalue weighted by Gasteiger charge is 2.22. The van der Waals surface area contributed by atoms with Gasteiger partial charge in [0.2, 0.25) is 0 Å². The number of nitrogens with one attached hydrogen (secondary N) is 1. The van der Waals surface area contributed by atoms with Gasteiger partial charge in [-0.25, -0.2) is 8.78 Å². The molecule has 0 bridgehead atoms. The predicted octanol–water partition coefficient (Wildman–Crippen LogP) is 3.02. The molecule has 0 spiro atoms. The van der Waals surface area contributed by atoms with Crippen LogP contribution < -0.4 is 5.32 Å². The van der Waals surface area contributed by atoms with Gasteiger partial charge in [0.15, 0.2) is 11.6 Å². The van der Waals surface area contributed by atoms with Gasteiger partial charge >= 0.3 is 0 Å². The van der Waals surface area contributed by atoms with Crippen molar-refractivity contribution in [2.75, 3.05) is 7.11 Å². The minimum atomic E-state index is -1.15. The van der Waals surface area contributed by atoms with E-state index in [2.05, 4.69) is 5.32 Å². The number of halogens is 2. The summed E-state index contributed by atoms with van der Waals surface area (Å²) in [6.45, 7) is 1.90. The van der Waals surface area contributed by atoms with Crippen molar-refractivity contribution < 1.29 is 23.4 Å². The Morgan fingerprint density at radius 2 is 2.09 bits per heavy atom. The van der Waals surface area contributed by atoms with E-state index >= 15 is 0 Å². The fourth-order valence-electron chi connectivity index (χ4n) is 2.14. The first kappa shape index (κ1) is 17.5. The molecule has 0 fully saturated rings. The summed E-state index contributed by atoms with van der Waals surface area (Å²) in [4.78, 5) is 12.8. The average Bonchev–Trinajstić information content (AvgIpc) is 2.98. The van der Waals surface area contributed by atoms with E-state index in [1.165, 1.54) is 24.5 Å². The Kier molecular flexibility index (Phi) is 5.81. The zero-order chi connectivity index (χ0) is 17.0. The third kappa shape index (κ3) is 4.13. The van der Waals surface area contributed by atoms with Crippen molar-refractivity contribution in [2.45, 2.75) is 25.7 Å². The lowest BCUT2D eigenvalue weighted by atomic mass is 10.0. The molecule has 7 heteroatoms. The Balaban J connectivity index is 2.08. The van der Waals surface area contributed by atoms with E-state index < -0.39 is 23.8 Å². The number of carbonyl (C=O) groups excluding carboxylic acids is 1. The summed E-state index contributed by atoms with van der Waals surface area (Å²) < 4.78 is 31.2. The second kappa shape index (κ2) is 7.63. The van der Waals surface area contributed by atoms with Crippen LogP contribution in [0.5, 0.6) is 0 Å². The number of thiophene rings is 1. The standard InChI is InChI=1S/C16H17F2NO3S/c1-9(14(20)10-3-4-12(17)13(18)7-10)19-16(21)15-11(8-22-2)5-6-23-15/h3-7,9,14,20H,8H2,1-2H3,(H,19,21). The maximum absolute atomic E-state index is 13.2. The summed E-state index contributed by atoms with van der Waals surface area (Å²) in [6, 6.07) is 4.26. The maximum Gasteiger partial charge on any atom is 0.262 e. The van der Waals surface area contributed by atoms with Crippen molar-refractivity contribution in [3.8, 4) is 0 Å². The van der Waals surface area contributed by atoms with Gasteiger partial charge in [0.05, 0.1) is 23.6 Å². The number of hydrogen-bond acceptors (Lipinski definition) is 4. The van der Waals surface area contributed by atoms with Gasteiger partial charge in [-0.05, 0) is 36.1 Å². The lowest BCUT2D eigenvalue weighted by Crippen LogP contribution is -2.37. The van der Waals surface area contributed by atoms with Crippen LogP contribution in [-0.4, -0.2) is 24.2 Å². The Bertz CT molecular complexity index is 690. The fourth-order valence-corrected chi connectivity index (χ4v) is 2.95. The van der Waals surface area contributed by atoms with E-state index in [4.69, 9.17) is 4.74 Å². The van der Waals surface area contributed by atoms with Crippen molar-refractivity contribution in [2.24, 2.45) is 0 Å². The highest BCUT2D eigenvalue weighted by Crippen LogP contribution is 2.21. The van der Waals surface area contributed by atoms with Gasteiger partial charge in [0, 0.05) is 12.7 Å². The largest absolute Gasteiger partial charge is 0.386 e. The normalized spacial score (nSPS) is 13.6. The van der Waals surface area contributed by atoms with E-state index in [1.807, 2.05) is 0 Å². The minimum Gasteiger partial charge on any atom is -0.386 e. The van der Waals surface area contributed by atoms with Crippen LogP contribution in [0.3, 0.4) is 0 Å². The van der Waals surface area contributed by atoms with Crippen molar-refractivity contribution in [3.63, 3.8) is 0 Å². The number of ether oxygens (including phenoxy) is 1. The molecule has 2 aromatic rings. The van der Waals surface area contributed by atoms with Gasteiger partial charge in [0.1, 0.15) is 0 Å². The number of carbonyl (C=O) groups is 1. The van der Waals surface area contributed by atoms with Crippen LogP contribution >= 0.6 is 11.3 Å². The highest BCUT2D eigenvalue weighted by atomic mass is 32.1. The second-order valence-electron chi connectivity index (χ2n) is 5.09. The molecule has 0 saturated carbocycles. The third-order valence-corrected chi connectivity index (χ3v) is 4.33. The highest BCUT2D eigenvalue weighted by molar-refractivity contribution is 7.12. The van der Waals surface area contributed by atoms with Crippen LogP contribution in [0.15, 0.2) is 29.6 Å². The molecule has 0 aliphatic heterocycles. The lowest BCUT2D eigenvalue weighted by molar-refractivity contribution is 0.0851. The maximum atomic E-state index is 13.2. The van der Waals surface area contributed by atoms with Crippen molar-refractivity contribution >= 4 is 17.2 Å². The summed E-state index contributed by atoms with van der Waals surface area (Å²) in [6.07, 6.45) is -1.15. The van der Waals surface area contributed by atoms with Gasteiger partial charge in [0.25, 0.3) is 5.91 Å². The summed E-state index contributed by atoms with van der Waals surface area (Å²) in [7, 11) is 1.54. The number of methoxy groups -OCH3 is 1. The van der Waals surface area contributed by atoms with Crippen molar-refractivity contribution in [1.82, 2.24) is 5.32 Å². The van der Waals surface area contributed by atoms with Gasteiger partial charge in [-0.2, -0.15) is 0 Å². The number of amides is 1. The second-order valence-corrected chi connectivity index (χ2v) is 6.00. The average molecular weight is 341 g/mol. The molecule has 2 unspecified atom stereocenters. The van der Waals surface area contributed by atoms with Gasteiger partial charge in [-0.3, -0.25) is 4.79 Å². The quantitative estimate of drug-likeness (QED) is 0.849. The van der Waals surface area contributed by atoms with Gasteiger partial charge in [-0.15, -0.1) is 11.3 Å². The summed E-state index contributed by atoms with van der Waals surface area (Å²) in [5.74, 6) is -2.37. The molecule has 1 aromatic carbocycles. The van der Waals surface area contributed by atoms with Crippen LogP contribution in [0.25, 0.3) is 0 Å². The SMILES string of the molecule is COCc1ccsc1C(=O)NC(C)C(O)c1ccc(F)c(F)c1. The van der Waals surface area contributed by atoms with Crippen molar-refractivity contribution in [3.05, 3.63) is 57.3 Å². The first-order valence-electron chi connectivity index (χ1n) is 6.93. The Morgan fingerprint density at radius 1 is 1.35 bits per heavy atom. The summed E-state index contributed by atoms with van der Waals surface area (Å²) in [5, 5.41) is 14.6. The molecule has 23 heavy (non-hydrogen) atoms. The molecule has 0 aliphatic rings. The monoisotopic (exact) mass is 341 g/mol. The van der Waals surface area contributed by atoms with Crippen LogP contribution in [-0.2, 0) is 11.3 Å². The lowest BCUT2D eigenvalue weighted by Gasteiger charge is -2.20. The van der Waals surface area contributed by atoms with E-state index in [-0.39, 0.29) is 11.5 Å². The molecule has 1 amide bonds. The molecule has 2 N–H and O–H groups in total. The van der Waals surface area contributed by atoms with E-state index in [0.717, 1.165) is 17.7 Å². The molecule has 1 heterocycles. The van der Waals surface area contributed by atoms with Crippen LogP contribution in [0, 0.1) is 11.6 Å². The summed E-state index contributed by atoms with van der Waals surface area (Å²) >= 11 is 1.27. The van der Waals surface area contributed by atoms with E-state index in [1.54, 1.807) is 18.4 Å². The number of benzene rings is 1. The topological polar surface area (TPSA) is 58.6 Å². The molecule has 4 nitrogen and oxygen atoms in total. The summed E-state index contributed by atoms with van der Waals surface area (Å²) in [5.41, 5.74) is 0.949. The number of rotatable bonds is 6. The number of hydrogen-bond donors (Lipinski definition) is 2. The predicted molar refractivity (Wildman–Crippen MR) is 83.3 cm³/mol. The Labute approximate surface area is 136 Å². The first-order valence-corrected chi connectivity index (χ1v) is 7.81. The molecule has 0 aliphatic carbocycles. The molecule has 2 rings (SSSR count). The number of aliphatic hydroxyl groups excluding tert-OH is 1. The molecule has 0 radical (unpaired) electrons. The number of aliphatic hydroxyl groups is 1. The van der Waals surface area contributed by atoms with Gasteiger partial charge < -0.3 is 15.2 Å². The molecule has 2 atom stereocenters. The van der Waals surface area contributed by atoms with E-state index in [9.17, 15) is 18.7 Å². The van der Waals surface area contributed by atoms with E-state index in [0.29, 0.717) is 11.5 Å². The van der Waals surface area contributed by atoms with Crippen LogP contribution in [0.2, 0.25) is 0 Å². The first-order chi connectivity index (χ1) is 10.9. The van der Waals surface area contributed by atoms with Gasteiger partial charge in [-0.1, -0.05) is 6.07 Å². The molecular formula is C16H17F2NO3S.